The van der Waals surface area contributed by atoms with Crippen molar-refractivity contribution < 1.29 is 14.3 Å². The van der Waals surface area contributed by atoms with Gasteiger partial charge in [-0.1, -0.05) is 12.1 Å². The number of fused-ring (bicyclic) bond motifs is 1. The minimum Gasteiger partial charge on any atom is -0.466 e. The van der Waals surface area contributed by atoms with Crippen molar-refractivity contribution in [2.75, 3.05) is 29.9 Å². The Morgan fingerprint density at radius 1 is 1.44 bits per heavy atom. The SMILES string of the molecule is CCOC(=O)CCN1CC(=O)Nc2ccccc21. The van der Waals surface area contributed by atoms with Gasteiger partial charge in [0.1, 0.15) is 0 Å². The number of ether oxygens (including phenoxy) is 1. The Bertz CT molecular complexity index is 459. The number of anilines is 2. The van der Waals surface area contributed by atoms with E-state index in [1.807, 2.05) is 29.2 Å². The molecular weight excluding hydrogens is 232 g/mol. The minimum absolute atomic E-state index is 0.0578. The summed E-state index contributed by atoms with van der Waals surface area (Å²) in [4.78, 5) is 24.8. The molecular formula is C13H16N2O3. The van der Waals surface area contributed by atoms with Crippen LogP contribution in [0.2, 0.25) is 0 Å². The van der Waals surface area contributed by atoms with Crippen molar-refractivity contribution in [3.05, 3.63) is 24.3 Å². The normalized spacial score (nSPS) is 13.8. The number of nitrogens with one attached hydrogen (secondary N) is 1. The molecule has 1 amide bonds. The molecule has 0 atom stereocenters. The van der Waals surface area contributed by atoms with E-state index in [9.17, 15) is 9.59 Å². The lowest BCUT2D eigenvalue weighted by molar-refractivity contribution is -0.142. The van der Waals surface area contributed by atoms with Crippen LogP contribution < -0.4 is 10.2 Å². The number of hydrogen-bond acceptors (Lipinski definition) is 4. The van der Waals surface area contributed by atoms with Crippen molar-refractivity contribution in [2.45, 2.75) is 13.3 Å². The number of benzene rings is 1. The van der Waals surface area contributed by atoms with Gasteiger partial charge in [-0.3, -0.25) is 9.59 Å². The molecule has 1 aliphatic rings. The summed E-state index contributed by atoms with van der Waals surface area (Å²) in [6.07, 6.45) is 0.287. The van der Waals surface area contributed by atoms with E-state index in [-0.39, 0.29) is 24.8 Å². The van der Waals surface area contributed by atoms with Crippen LogP contribution in [0, 0.1) is 0 Å². The predicted molar refractivity (Wildman–Crippen MR) is 68.5 cm³/mol. The van der Waals surface area contributed by atoms with Crippen LogP contribution in [0.25, 0.3) is 0 Å². The highest BCUT2D eigenvalue weighted by molar-refractivity contribution is 6.01. The Hall–Kier alpha value is -2.04. The molecule has 2 rings (SSSR count). The van der Waals surface area contributed by atoms with Crippen molar-refractivity contribution in [1.82, 2.24) is 0 Å². The first-order chi connectivity index (χ1) is 8.70. The van der Waals surface area contributed by atoms with Gasteiger partial charge in [0.15, 0.2) is 0 Å². The van der Waals surface area contributed by atoms with Gasteiger partial charge in [-0.15, -0.1) is 0 Å². The van der Waals surface area contributed by atoms with E-state index in [0.717, 1.165) is 11.4 Å². The molecule has 0 radical (unpaired) electrons. The van der Waals surface area contributed by atoms with E-state index >= 15 is 0 Å². The van der Waals surface area contributed by atoms with E-state index in [2.05, 4.69) is 5.32 Å². The Kier molecular flexibility index (Phi) is 3.82. The molecule has 1 N–H and O–H groups in total. The highest BCUT2D eigenvalue weighted by Gasteiger charge is 2.21. The minimum atomic E-state index is -0.235. The van der Waals surface area contributed by atoms with Crippen molar-refractivity contribution >= 4 is 23.3 Å². The maximum atomic E-state index is 11.5. The Morgan fingerprint density at radius 3 is 3.00 bits per heavy atom. The molecule has 0 aliphatic carbocycles. The van der Waals surface area contributed by atoms with Crippen LogP contribution in [0.4, 0.5) is 11.4 Å². The third kappa shape index (κ3) is 2.80. The van der Waals surface area contributed by atoms with E-state index < -0.39 is 0 Å². The molecule has 1 aromatic rings. The highest BCUT2D eigenvalue weighted by atomic mass is 16.5. The van der Waals surface area contributed by atoms with Gasteiger partial charge in [-0.2, -0.15) is 0 Å². The van der Waals surface area contributed by atoms with E-state index in [4.69, 9.17) is 4.74 Å². The third-order valence-electron chi connectivity index (χ3n) is 2.74. The third-order valence-corrected chi connectivity index (χ3v) is 2.74. The largest absolute Gasteiger partial charge is 0.466 e. The maximum absolute atomic E-state index is 11.5. The van der Waals surface area contributed by atoms with E-state index in [0.29, 0.717) is 13.2 Å². The number of hydrogen-bond donors (Lipinski definition) is 1. The van der Waals surface area contributed by atoms with Gasteiger partial charge in [-0.25, -0.2) is 0 Å². The van der Waals surface area contributed by atoms with Crippen molar-refractivity contribution in [2.24, 2.45) is 0 Å². The molecule has 1 heterocycles. The van der Waals surface area contributed by atoms with Gasteiger partial charge < -0.3 is 15.0 Å². The van der Waals surface area contributed by atoms with Crippen LogP contribution in [-0.2, 0) is 14.3 Å². The first-order valence-electron chi connectivity index (χ1n) is 6.00. The molecule has 0 unspecified atom stereocenters. The monoisotopic (exact) mass is 248 g/mol. The lowest BCUT2D eigenvalue weighted by Crippen LogP contribution is -2.39. The summed E-state index contributed by atoms with van der Waals surface area (Å²) in [6.45, 7) is 2.93. The zero-order valence-electron chi connectivity index (χ0n) is 10.3. The molecule has 1 aromatic carbocycles. The molecule has 0 bridgehead atoms. The smallest absolute Gasteiger partial charge is 0.307 e. The van der Waals surface area contributed by atoms with Crippen LogP contribution in [-0.4, -0.2) is 31.6 Å². The molecule has 96 valence electrons. The number of rotatable bonds is 4. The van der Waals surface area contributed by atoms with Crippen molar-refractivity contribution in [3.8, 4) is 0 Å². The summed E-state index contributed by atoms with van der Waals surface area (Å²) in [5.74, 6) is -0.293. The number of carbonyl (C=O) groups excluding carboxylic acids is 2. The van der Waals surface area contributed by atoms with Gasteiger partial charge >= 0.3 is 5.97 Å². The second kappa shape index (κ2) is 5.53. The molecule has 0 saturated heterocycles. The van der Waals surface area contributed by atoms with Gasteiger partial charge in [0.25, 0.3) is 0 Å². The Balaban J connectivity index is 2.05. The second-order valence-electron chi connectivity index (χ2n) is 4.04. The summed E-state index contributed by atoms with van der Waals surface area (Å²) < 4.78 is 4.88. The molecule has 5 nitrogen and oxygen atoms in total. The number of nitrogens with zero attached hydrogens (tertiary/aromatic N) is 1. The number of amides is 1. The number of para-hydroxylation sites is 2. The zero-order valence-corrected chi connectivity index (χ0v) is 10.3. The van der Waals surface area contributed by atoms with Crippen LogP contribution in [0.5, 0.6) is 0 Å². The van der Waals surface area contributed by atoms with E-state index in [1.54, 1.807) is 6.92 Å². The van der Waals surface area contributed by atoms with Gasteiger partial charge in [-0.05, 0) is 19.1 Å². The summed E-state index contributed by atoms with van der Waals surface area (Å²) >= 11 is 0. The lowest BCUT2D eigenvalue weighted by Gasteiger charge is -2.30. The quantitative estimate of drug-likeness (QED) is 0.818. The number of carbonyl (C=O) groups is 2. The summed E-state index contributed by atoms with van der Waals surface area (Å²) in [7, 11) is 0. The van der Waals surface area contributed by atoms with E-state index in [1.165, 1.54) is 0 Å². The molecule has 0 aromatic heterocycles. The fraction of sp³-hybridized carbons (Fsp3) is 0.385. The Morgan fingerprint density at radius 2 is 2.22 bits per heavy atom. The fourth-order valence-electron chi connectivity index (χ4n) is 1.96. The average molecular weight is 248 g/mol. The summed E-state index contributed by atoms with van der Waals surface area (Å²) in [6, 6.07) is 7.56. The van der Waals surface area contributed by atoms with Crippen LogP contribution >= 0.6 is 0 Å². The van der Waals surface area contributed by atoms with Crippen LogP contribution in [0.15, 0.2) is 24.3 Å². The van der Waals surface area contributed by atoms with Gasteiger partial charge in [0.2, 0.25) is 5.91 Å². The predicted octanol–water partition coefficient (Wildman–Crippen LogP) is 1.40. The number of esters is 1. The zero-order chi connectivity index (χ0) is 13.0. The standard InChI is InChI=1S/C13H16N2O3/c1-2-18-13(17)7-8-15-9-12(16)14-10-5-3-4-6-11(10)15/h3-6H,2,7-9H2,1H3,(H,14,16). The molecule has 18 heavy (non-hydrogen) atoms. The van der Waals surface area contributed by atoms with Gasteiger partial charge in [0, 0.05) is 6.54 Å². The topological polar surface area (TPSA) is 58.6 Å². The fourth-order valence-corrected chi connectivity index (χ4v) is 1.96. The maximum Gasteiger partial charge on any atom is 0.307 e. The average Bonchev–Trinajstić information content (AvgIpc) is 2.36. The summed E-state index contributed by atoms with van der Waals surface area (Å²) in [5, 5.41) is 2.81. The molecule has 0 spiro atoms. The highest BCUT2D eigenvalue weighted by Crippen LogP contribution is 2.28. The second-order valence-corrected chi connectivity index (χ2v) is 4.04. The Labute approximate surface area is 106 Å². The van der Waals surface area contributed by atoms with Crippen molar-refractivity contribution in [3.63, 3.8) is 0 Å². The van der Waals surface area contributed by atoms with Crippen LogP contribution in [0.1, 0.15) is 13.3 Å². The first-order valence-corrected chi connectivity index (χ1v) is 6.00. The molecule has 1 aliphatic heterocycles. The summed E-state index contributed by atoms with van der Waals surface area (Å²) in [5.41, 5.74) is 1.74. The van der Waals surface area contributed by atoms with Crippen LogP contribution in [0.3, 0.4) is 0 Å². The first kappa shape index (κ1) is 12.4. The van der Waals surface area contributed by atoms with Gasteiger partial charge in [0.05, 0.1) is 30.9 Å². The van der Waals surface area contributed by atoms with Crippen molar-refractivity contribution in [1.29, 1.82) is 0 Å². The molecule has 0 fully saturated rings. The lowest BCUT2D eigenvalue weighted by atomic mass is 10.2. The molecule has 0 saturated carbocycles. The molecule has 5 heteroatoms.